The van der Waals surface area contributed by atoms with Crippen LogP contribution in [-0.2, 0) is 34.8 Å². The molecule has 4 aromatic carbocycles. The van der Waals surface area contributed by atoms with E-state index in [9.17, 15) is 34.0 Å². The third-order valence-electron chi connectivity index (χ3n) is 25.3. The molecule has 554 valence electrons. The zero-order chi connectivity index (χ0) is 74.1. The Balaban J connectivity index is 0.000000111. The van der Waals surface area contributed by atoms with E-state index in [2.05, 4.69) is 174 Å². The average molecular weight is 1430 g/mol. The van der Waals surface area contributed by atoms with Crippen LogP contribution < -0.4 is 36.0 Å². The molecule has 2 saturated carbocycles. The first-order valence-electron chi connectivity index (χ1n) is 38.5. The maximum Gasteiger partial charge on any atom is 0.376 e. The van der Waals surface area contributed by atoms with Gasteiger partial charge in [-0.25, -0.2) is 14.8 Å². The first-order valence-corrected chi connectivity index (χ1v) is 38.5. The highest BCUT2D eigenvalue weighted by atomic mass is 16.4. The number of carbonyl (C=O) groups excluding carboxylic acids is 4. The molecular formula is C81H102B3N13O9. The Morgan fingerprint density at radius 2 is 0.981 bits per heavy atom. The second kappa shape index (κ2) is 31.6. The number of aromatic nitrogens is 2. The van der Waals surface area contributed by atoms with Gasteiger partial charge in [0, 0.05) is 160 Å². The van der Waals surface area contributed by atoms with E-state index in [0.29, 0.717) is 77.6 Å². The van der Waals surface area contributed by atoms with E-state index in [1.165, 1.54) is 64.0 Å². The average Bonchev–Trinajstić information content (AvgIpc) is 1.57. The Labute approximate surface area is 624 Å². The minimum atomic E-state index is -0.997. The fraction of sp³-hybridized carbons (Fsp3) is 0.469. The molecule has 13 aliphatic rings. The number of Topliss-reactive ketones (excluding diaryl/α,β-unsaturated/α-hetero) is 1. The lowest BCUT2D eigenvalue weighted by molar-refractivity contribution is -0.131. The van der Waals surface area contributed by atoms with Gasteiger partial charge in [0.1, 0.15) is 17.4 Å². The zero-order valence-electron chi connectivity index (χ0n) is 62.1. The molecule has 8 unspecified atom stereocenters. The highest BCUT2D eigenvalue weighted by Gasteiger charge is 2.53. The first-order chi connectivity index (χ1) is 51.2. The number of likely N-dealkylation sites (tertiary alicyclic amines) is 1. The minimum absolute atomic E-state index is 0.0237. The number of amides is 3. The quantitative estimate of drug-likeness (QED) is 0.0547. The molecule has 5 saturated heterocycles. The number of rotatable bonds is 7. The lowest BCUT2D eigenvalue weighted by Gasteiger charge is -2.38. The number of hydrogen-bond donors (Lipinski definition) is 8. The second-order valence-electron chi connectivity index (χ2n) is 31.2. The van der Waals surface area contributed by atoms with Crippen molar-refractivity contribution in [2.45, 2.75) is 156 Å². The van der Waals surface area contributed by atoms with Crippen molar-refractivity contribution in [3.05, 3.63) is 178 Å². The van der Waals surface area contributed by atoms with Gasteiger partial charge >= 0.3 is 27.1 Å². The second-order valence-corrected chi connectivity index (χ2v) is 31.2. The van der Waals surface area contributed by atoms with E-state index in [1.54, 1.807) is 25.3 Å². The van der Waals surface area contributed by atoms with Gasteiger partial charge in [0.2, 0.25) is 17.7 Å². The Kier molecular flexibility index (Phi) is 22.1. The number of aliphatic carboxylic acids is 1. The molecule has 22 nitrogen and oxygen atoms in total. The molecule has 2 aromatic heterocycles. The molecule has 25 heteroatoms. The summed E-state index contributed by atoms with van der Waals surface area (Å²) in [7, 11) is 5.54. The smallest absolute Gasteiger partial charge is 0.376 e. The van der Waals surface area contributed by atoms with Crippen LogP contribution in [0.2, 0.25) is 20.5 Å². The molecule has 0 radical (unpaired) electrons. The molecule has 8 N–H and O–H groups in total. The molecule has 106 heavy (non-hydrogen) atoms. The summed E-state index contributed by atoms with van der Waals surface area (Å²) in [6, 6.07) is 40.8. The maximum absolute atomic E-state index is 13.0. The van der Waals surface area contributed by atoms with E-state index in [-0.39, 0.29) is 37.2 Å². The number of para-hydroxylation sites is 4. The highest BCUT2D eigenvalue weighted by Crippen LogP contribution is 2.53. The monoisotopic (exact) mass is 1430 g/mol. The number of ketones is 1. The van der Waals surface area contributed by atoms with Crippen LogP contribution in [0.15, 0.2) is 134 Å². The first kappa shape index (κ1) is 74.2. The summed E-state index contributed by atoms with van der Waals surface area (Å²) in [4.78, 5) is 82.6. The standard InChI is InChI=1S/C25H26N4O2.C13H19BN2O.C13H12N2O3.C12H17BN2O.C12H16N2.C6H12BNO2/c1-28-20-6-3-2-5-17(20)18-15-29(12-9-21(18)28)22(30)8-7-16-13-19-23(26-14-16)27-24(31)25(19)10-4-11-25;1-14(17)16-8-7-13-11(9-16)10-5-3-4-6-12(10)15(13)2;16-10(17)3-2-8-6-9-11(14-7-8)15-12(18)13(9)4-1-5-13;1-13(16)15-7-6-12-10(8-15)9-4-2-3-5-11(9)14-12;1-14-11-5-3-2-4-9(11)10-8-13-7-6-12(10)14;1-7(10)8-4-2-6(9)3-5-8/h2-3,5-8,13-14,18,21H,4,9-12,15H2,1H3,(H,26,27,31);3-6,11,13,17H,7-9H2,1-2H3;2-3,6-7H,1,4-5H2,(H,16,17)(H,14,15,18);2-5,10,12,14,16H,6-8H2,1H3;2-5,10,12-13H,6-8H2,1H3;10H,2-5H2,1H3/b8-7+;;3-2+;;;. The van der Waals surface area contributed by atoms with Crippen molar-refractivity contribution >= 4 is 97.2 Å². The Bertz CT molecular complexity index is 4290. The van der Waals surface area contributed by atoms with Gasteiger partial charge in [-0.15, -0.1) is 0 Å². The van der Waals surface area contributed by atoms with Gasteiger partial charge in [-0.05, 0) is 200 Å². The SMILES string of the molecule is CB(O)N1CCC(=O)CC1.CB(O)N1CCC2C(C1)c1ccccc1N2C.CB(O)N1CCC2Nc3ccccc3C2C1.CN1c2ccccc2C2CN(C(=O)/C=C/c3cnc4c(c3)C3(CCC3)C(=O)N4)CCC21.CN1c2ccccc2C2CNCCC21.O=C(O)/C=C/c1cnc2c(c1)C1(CCC1)C(=O)N2. The van der Waals surface area contributed by atoms with E-state index in [1.807, 2.05) is 41.6 Å². The van der Waals surface area contributed by atoms with Gasteiger partial charge in [0.05, 0.1) is 10.8 Å². The maximum atomic E-state index is 13.0. The third-order valence-corrected chi connectivity index (χ3v) is 25.3. The van der Waals surface area contributed by atoms with Gasteiger partial charge in [-0.1, -0.05) is 85.6 Å². The van der Waals surface area contributed by atoms with Gasteiger partial charge in [0.15, 0.2) is 0 Å². The minimum Gasteiger partial charge on any atom is -0.478 e. The number of piperidine rings is 5. The number of fused-ring (bicyclic) bond motifs is 16. The Hall–Kier alpha value is -8.68. The van der Waals surface area contributed by atoms with Gasteiger partial charge in [0.25, 0.3) is 0 Å². The fourth-order valence-electron chi connectivity index (χ4n) is 18.9. The summed E-state index contributed by atoms with van der Waals surface area (Å²) in [6.45, 7) is 14.6. The van der Waals surface area contributed by atoms with Crippen molar-refractivity contribution in [2.24, 2.45) is 0 Å². The van der Waals surface area contributed by atoms with Crippen LogP contribution in [0.1, 0.15) is 145 Å². The number of anilines is 6. The molecule has 6 aromatic rings. The number of nitrogens with one attached hydrogen (secondary N) is 4. The molecule has 11 aliphatic heterocycles. The molecule has 3 amide bonds. The molecule has 7 fully saturated rings. The van der Waals surface area contributed by atoms with E-state index < -0.39 is 18.4 Å². The predicted octanol–water partition coefficient (Wildman–Crippen LogP) is 8.98. The largest absolute Gasteiger partial charge is 0.478 e. The van der Waals surface area contributed by atoms with Crippen molar-refractivity contribution in [3.63, 3.8) is 0 Å². The van der Waals surface area contributed by atoms with Crippen LogP contribution in [0, 0.1) is 0 Å². The van der Waals surface area contributed by atoms with E-state index in [0.717, 1.165) is 145 Å². The van der Waals surface area contributed by atoms with Gasteiger partial charge in [-0.2, -0.15) is 0 Å². The summed E-state index contributed by atoms with van der Waals surface area (Å²) in [5.74, 6) is 2.93. The van der Waals surface area contributed by atoms with Crippen LogP contribution in [0.3, 0.4) is 0 Å². The molecule has 13 heterocycles. The molecular weight excluding hydrogens is 1330 g/mol. The molecule has 0 bridgehead atoms. The molecule has 2 aliphatic carbocycles. The van der Waals surface area contributed by atoms with E-state index >= 15 is 0 Å². The lowest BCUT2D eigenvalue weighted by atomic mass is 9.65. The summed E-state index contributed by atoms with van der Waals surface area (Å²) >= 11 is 0. The summed E-state index contributed by atoms with van der Waals surface area (Å²) in [5, 5.41) is 49.8. The third kappa shape index (κ3) is 14.8. The summed E-state index contributed by atoms with van der Waals surface area (Å²) in [5.41, 5.74) is 13.8. The number of pyridine rings is 2. The van der Waals surface area contributed by atoms with Crippen LogP contribution in [-0.4, -0.2) is 211 Å². The highest BCUT2D eigenvalue weighted by molar-refractivity contribution is 6.46. The Morgan fingerprint density at radius 1 is 0.528 bits per heavy atom. The van der Waals surface area contributed by atoms with Crippen molar-refractivity contribution in [1.82, 2.24) is 34.6 Å². The Morgan fingerprint density at radius 3 is 1.49 bits per heavy atom. The van der Waals surface area contributed by atoms with Crippen molar-refractivity contribution in [2.75, 3.05) is 117 Å². The number of carboxylic acids is 1. The number of carbonyl (C=O) groups is 5. The summed E-state index contributed by atoms with van der Waals surface area (Å²) < 4.78 is 0. The fourth-order valence-corrected chi connectivity index (χ4v) is 18.9. The van der Waals surface area contributed by atoms with Crippen LogP contribution in [0.25, 0.3) is 12.2 Å². The molecule has 19 rings (SSSR count). The van der Waals surface area contributed by atoms with Crippen LogP contribution in [0.5, 0.6) is 0 Å². The summed E-state index contributed by atoms with van der Waals surface area (Å²) in [6.07, 6.45) is 20.6. The van der Waals surface area contributed by atoms with Crippen LogP contribution >= 0.6 is 0 Å². The van der Waals surface area contributed by atoms with Gasteiger partial charge < -0.3 is 75.5 Å². The van der Waals surface area contributed by atoms with Crippen molar-refractivity contribution in [3.8, 4) is 0 Å². The topological polar surface area (TPSA) is 263 Å². The lowest BCUT2D eigenvalue weighted by Crippen LogP contribution is -2.49. The van der Waals surface area contributed by atoms with E-state index in [4.69, 9.17) is 10.1 Å². The number of benzene rings is 4. The predicted molar refractivity (Wildman–Crippen MR) is 422 cm³/mol. The number of carboxylic acid groups (broad SMARTS) is 1. The normalized spacial score (nSPS) is 25.4. The molecule has 8 atom stereocenters. The van der Waals surface area contributed by atoms with Gasteiger partial charge in [-0.3, -0.25) is 19.2 Å². The zero-order valence-corrected chi connectivity index (χ0v) is 62.1. The number of hydrogen-bond acceptors (Lipinski definition) is 18. The van der Waals surface area contributed by atoms with Crippen molar-refractivity contribution < 1.29 is 44.2 Å². The number of likely N-dealkylation sites (N-methyl/N-ethyl adjacent to an activating group) is 3. The van der Waals surface area contributed by atoms with Crippen molar-refractivity contribution in [1.29, 1.82) is 0 Å². The molecule has 2 spiro atoms. The number of nitrogens with zero attached hydrogens (tertiary/aromatic N) is 9. The van der Waals surface area contributed by atoms with Crippen LogP contribution in [0.4, 0.5) is 34.4 Å².